The highest BCUT2D eigenvalue weighted by Gasteiger charge is 2.36. The molecule has 0 saturated carbocycles. The Morgan fingerprint density at radius 3 is 2.52 bits per heavy atom. The number of aliphatic hydroxyl groups is 1. The number of carbonyl (C=O) groups is 1. The van der Waals surface area contributed by atoms with E-state index in [1.807, 2.05) is 24.3 Å². The van der Waals surface area contributed by atoms with Gasteiger partial charge in [0, 0.05) is 31.7 Å². The van der Waals surface area contributed by atoms with Crippen molar-refractivity contribution in [2.24, 2.45) is 0 Å². The topological polar surface area (TPSA) is 102 Å². The van der Waals surface area contributed by atoms with Gasteiger partial charge in [0.1, 0.15) is 11.5 Å². The Morgan fingerprint density at radius 1 is 1.14 bits per heavy atom. The lowest BCUT2D eigenvalue weighted by Crippen LogP contribution is -2.50. The Hall–Kier alpha value is -3.64. The summed E-state index contributed by atoms with van der Waals surface area (Å²) < 4.78 is 36.2. The zero-order valence-corrected chi connectivity index (χ0v) is 24.8. The van der Waals surface area contributed by atoms with Crippen molar-refractivity contribution in [3.63, 3.8) is 0 Å². The number of nitrogens with zero attached hydrogens (tertiary/aromatic N) is 4. The van der Waals surface area contributed by atoms with E-state index in [1.54, 1.807) is 41.0 Å². The smallest absolute Gasteiger partial charge is 0.262 e. The Kier molecular flexibility index (Phi) is 8.82. The van der Waals surface area contributed by atoms with Crippen molar-refractivity contribution < 1.29 is 23.4 Å². The standard InChI is InChI=1S/C32H34ClF2N5O4/c33-27-16-25-30(40(27)23-8-6-22(7-9-23)26-18-44-15-12-36-26)37-20-39(31(25)42)19-32(43)10-13-38(14-11-32)28(41)17-24(29(34)35)21-4-2-1-3-5-21/h1-9,16,20,24,26,29,36,43H,10-15,17-19H2/t24-,26+/m1/s1. The zero-order valence-electron chi connectivity index (χ0n) is 24.0. The van der Waals surface area contributed by atoms with Gasteiger partial charge in [-0.1, -0.05) is 54.1 Å². The van der Waals surface area contributed by atoms with Crippen molar-refractivity contribution in [1.29, 1.82) is 0 Å². The molecule has 2 aliphatic heterocycles. The van der Waals surface area contributed by atoms with E-state index in [0.717, 1.165) is 17.8 Å². The number of benzene rings is 2. The van der Waals surface area contributed by atoms with E-state index in [0.29, 0.717) is 35.0 Å². The number of hydrogen-bond donors (Lipinski definition) is 2. The molecule has 6 rings (SSSR count). The van der Waals surface area contributed by atoms with Crippen molar-refractivity contribution in [3.8, 4) is 5.69 Å². The molecule has 1 amide bonds. The molecule has 0 spiro atoms. The first kappa shape index (κ1) is 30.4. The molecule has 2 N–H and O–H groups in total. The average molecular weight is 626 g/mol. The fourth-order valence-electron chi connectivity index (χ4n) is 6.10. The van der Waals surface area contributed by atoms with Crippen molar-refractivity contribution in [3.05, 3.63) is 93.6 Å². The molecule has 0 unspecified atom stereocenters. The highest BCUT2D eigenvalue weighted by atomic mass is 35.5. The van der Waals surface area contributed by atoms with Crippen molar-refractivity contribution in [1.82, 2.24) is 24.3 Å². The first-order valence-corrected chi connectivity index (χ1v) is 15.1. The minimum absolute atomic E-state index is 0.0194. The van der Waals surface area contributed by atoms with E-state index in [1.165, 1.54) is 15.8 Å². The van der Waals surface area contributed by atoms with Crippen LogP contribution in [0.15, 0.2) is 71.8 Å². The number of carbonyl (C=O) groups excluding carboxylic acids is 1. The van der Waals surface area contributed by atoms with Gasteiger partial charge in [0.25, 0.3) is 5.56 Å². The van der Waals surface area contributed by atoms with E-state index >= 15 is 0 Å². The first-order valence-electron chi connectivity index (χ1n) is 14.7. The molecule has 2 saturated heterocycles. The predicted molar refractivity (Wildman–Crippen MR) is 162 cm³/mol. The van der Waals surface area contributed by atoms with Crippen molar-refractivity contribution in [2.75, 3.05) is 32.8 Å². The zero-order chi connectivity index (χ0) is 30.8. The monoisotopic (exact) mass is 625 g/mol. The van der Waals surface area contributed by atoms with E-state index in [2.05, 4.69) is 10.3 Å². The summed E-state index contributed by atoms with van der Waals surface area (Å²) in [5, 5.41) is 15.4. The van der Waals surface area contributed by atoms with Crippen LogP contribution in [0.1, 0.15) is 42.3 Å². The summed E-state index contributed by atoms with van der Waals surface area (Å²) in [4.78, 5) is 32.5. The number of nitrogens with one attached hydrogen (secondary N) is 1. The first-order chi connectivity index (χ1) is 21.2. The second kappa shape index (κ2) is 12.8. The molecular formula is C32H34ClF2N5O4. The maximum atomic E-state index is 13.8. The third-order valence-corrected chi connectivity index (χ3v) is 8.93. The average Bonchev–Trinajstić information content (AvgIpc) is 3.38. The highest BCUT2D eigenvalue weighted by Crippen LogP contribution is 2.31. The van der Waals surface area contributed by atoms with Crippen LogP contribution in [0.4, 0.5) is 8.78 Å². The fourth-order valence-corrected chi connectivity index (χ4v) is 6.38. The molecule has 4 aromatic rings. The lowest BCUT2D eigenvalue weighted by atomic mass is 9.90. The van der Waals surface area contributed by atoms with Crippen LogP contribution in [0.3, 0.4) is 0 Å². The molecule has 0 aliphatic carbocycles. The van der Waals surface area contributed by atoms with Gasteiger partial charge in [0.2, 0.25) is 12.3 Å². The van der Waals surface area contributed by atoms with Gasteiger partial charge in [-0.15, -0.1) is 0 Å². The summed E-state index contributed by atoms with van der Waals surface area (Å²) in [7, 11) is 0. The number of halogens is 3. The molecule has 0 radical (unpaired) electrons. The summed E-state index contributed by atoms with van der Waals surface area (Å²) in [5.41, 5.74) is 1.06. The van der Waals surface area contributed by atoms with Crippen LogP contribution in [-0.2, 0) is 16.1 Å². The van der Waals surface area contributed by atoms with Crippen LogP contribution < -0.4 is 10.9 Å². The summed E-state index contributed by atoms with van der Waals surface area (Å²) >= 11 is 6.58. The molecular weight excluding hydrogens is 592 g/mol. The third-order valence-electron chi connectivity index (χ3n) is 8.65. The number of likely N-dealkylation sites (tertiary alicyclic amines) is 1. The predicted octanol–water partition coefficient (Wildman–Crippen LogP) is 4.29. The number of aromatic nitrogens is 3. The number of ether oxygens (including phenoxy) is 1. The van der Waals surface area contributed by atoms with Gasteiger partial charge >= 0.3 is 0 Å². The van der Waals surface area contributed by atoms with Gasteiger partial charge in [0.15, 0.2) is 5.65 Å². The van der Waals surface area contributed by atoms with Gasteiger partial charge < -0.3 is 20.1 Å². The van der Waals surface area contributed by atoms with Gasteiger partial charge in [-0.25, -0.2) is 13.8 Å². The van der Waals surface area contributed by atoms with Crippen molar-refractivity contribution >= 4 is 28.5 Å². The van der Waals surface area contributed by atoms with E-state index in [9.17, 15) is 23.5 Å². The molecule has 44 heavy (non-hydrogen) atoms. The molecule has 2 atom stereocenters. The third kappa shape index (κ3) is 6.28. The van der Waals surface area contributed by atoms with E-state index in [4.69, 9.17) is 16.3 Å². The Bertz CT molecular complexity index is 1660. The maximum absolute atomic E-state index is 13.8. The number of amides is 1. The van der Waals surface area contributed by atoms with Crippen LogP contribution in [0.25, 0.3) is 16.7 Å². The molecule has 12 heteroatoms. The SMILES string of the molecule is O=C(C[C@H](c1ccccc1)C(F)F)N1CCC(O)(Cn2cnc3c(cc(Cl)n3-c3ccc([C@@H]4COCCN4)cc3)c2=O)CC1. The fraction of sp³-hybridized carbons (Fsp3) is 0.406. The normalized spacial score (nSPS) is 19.4. The number of rotatable bonds is 8. The van der Waals surface area contributed by atoms with Crippen LogP contribution in [0.5, 0.6) is 0 Å². The van der Waals surface area contributed by atoms with Gasteiger partial charge in [-0.05, 0) is 42.2 Å². The summed E-state index contributed by atoms with van der Waals surface area (Å²) in [5.74, 6) is -1.57. The minimum Gasteiger partial charge on any atom is -0.388 e. The number of alkyl halides is 2. The van der Waals surface area contributed by atoms with Crippen molar-refractivity contribution in [2.45, 2.75) is 49.8 Å². The van der Waals surface area contributed by atoms with Gasteiger partial charge in [-0.2, -0.15) is 0 Å². The lowest BCUT2D eigenvalue weighted by molar-refractivity contribution is -0.137. The summed E-state index contributed by atoms with van der Waals surface area (Å²) in [6.07, 6.45) is -1.19. The number of piperidine rings is 1. The largest absolute Gasteiger partial charge is 0.388 e. The lowest BCUT2D eigenvalue weighted by Gasteiger charge is -2.38. The van der Waals surface area contributed by atoms with E-state index < -0.39 is 17.9 Å². The Balaban J connectivity index is 1.13. The summed E-state index contributed by atoms with van der Waals surface area (Å²) in [6, 6.07) is 17.8. The quantitative estimate of drug-likeness (QED) is 0.303. The van der Waals surface area contributed by atoms with Crippen LogP contribution in [0.2, 0.25) is 5.15 Å². The van der Waals surface area contributed by atoms with Crippen LogP contribution in [0, 0.1) is 0 Å². The molecule has 232 valence electrons. The molecule has 4 heterocycles. The van der Waals surface area contributed by atoms with Gasteiger partial charge in [0.05, 0.1) is 42.7 Å². The molecule has 9 nitrogen and oxygen atoms in total. The van der Waals surface area contributed by atoms with Crippen LogP contribution in [-0.4, -0.2) is 74.9 Å². The molecule has 2 aromatic heterocycles. The highest BCUT2D eigenvalue weighted by molar-refractivity contribution is 6.31. The number of morpholine rings is 1. The molecule has 2 aromatic carbocycles. The van der Waals surface area contributed by atoms with Crippen LogP contribution >= 0.6 is 11.6 Å². The van der Waals surface area contributed by atoms with E-state index in [-0.39, 0.29) is 56.4 Å². The second-order valence-electron chi connectivity index (χ2n) is 11.6. The van der Waals surface area contributed by atoms with Gasteiger partial charge in [-0.3, -0.25) is 18.7 Å². The number of hydrogen-bond acceptors (Lipinski definition) is 6. The Morgan fingerprint density at radius 2 is 1.86 bits per heavy atom. The Labute approximate surface area is 258 Å². The summed E-state index contributed by atoms with van der Waals surface area (Å²) in [6.45, 7) is 2.46. The number of fused-ring (bicyclic) bond motifs is 1. The second-order valence-corrected chi connectivity index (χ2v) is 11.9. The molecule has 2 aliphatic rings. The minimum atomic E-state index is -2.67. The molecule has 0 bridgehead atoms. The molecule has 2 fully saturated rings. The maximum Gasteiger partial charge on any atom is 0.262 e.